The summed E-state index contributed by atoms with van der Waals surface area (Å²) in [5.74, 6) is 7.47. The highest BCUT2D eigenvalue weighted by atomic mass is 16.5. The van der Waals surface area contributed by atoms with Crippen LogP contribution in [0.1, 0.15) is 36.4 Å². The molecule has 1 atom stereocenters. The molecule has 1 aromatic carbocycles. The van der Waals surface area contributed by atoms with Gasteiger partial charge in [0.15, 0.2) is 0 Å². The highest BCUT2D eigenvalue weighted by Gasteiger charge is 2.31. The maximum Gasteiger partial charge on any atom is 0.127 e. The molecule has 1 aromatic rings. The van der Waals surface area contributed by atoms with Crippen LogP contribution in [0.25, 0.3) is 0 Å². The monoisotopic (exact) mass is 218 g/mol. The first-order valence-corrected chi connectivity index (χ1v) is 6.11. The molecule has 1 unspecified atom stereocenters. The Morgan fingerprint density at radius 2 is 2.25 bits per heavy atom. The fourth-order valence-electron chi connectivity index (χ4n) is 2.74. The van der Waals surface area contributed by atoms with E-state index in [9.17, 15) is 0 Å². The molecule has 0 amide bonds. The summed E-state index contributed by atoms with van der Waals surface area (Å²) in [5, 5.41) is 0. The summed E-state index contributed by atoms with van der Waals surface area (Å²) in [7, 11) is 0. The fraction of sp³-hybridized carbons (Fsp3) is 0.538. The lowest BCUT2D eigenvalue weighted by Crippen LogP contribution is -2.36. The normalized spacial score (nSPS) is 21.1. The molecule has 0 spiro atoms. The van der Waals surface area contributed by atoms with Gasteiger partial charge in [0.25, 0.3) is 0 Å². The molecule has 3 heteroatoms. The Kier molecular flexibility index (Phi) is 2.58. The van der Waals surface area contributed by atoms with Crippen LogP contribution in [0, 0.1) is 5.92 Å². The average Bonchev–Trinajstić information content (AvgIpc) is 2.70. The Morgan fingerprint density at radius 1 is 1.38 bits per heavy atom. The van der Waals surface area contributed by atoms with Crippen LogP contribution >= 0.6 is 0 Å². The first-order valence-electron chi connectivity index (χ1n) is 6.11. The van der Waals surface area contributed by atoms with E-state index in [-0.39, 0.29) is 6.04 Å². The van der Waals surface area contributed by atoms with E-state index >= 15 is 0 Å². The molecule has 86 valence electrons. The van der Waals surface area contributed by atoms with Gasteiger partial charge in [0.2, 0.25) is 0 Å². The van der Waals surface area contributed by atoms with Gasteiger partial charge in [0, 0.05) is 12.0 Å². The SMILES string of the molecule is NNC(c1cccc2c1OCC2)C1CCC1. The standard InChI is InChI=1S/C13H18N2O/c14-15-12(9-3-1-4-9)11-6-2-5-10-7-8-16-13(10)11/h2,5-6,9,12,15H,1,3-4,7-8,14H2. The van der Waals surface area contributed by atoms with Crippen molar-refractivity contribution in [3.63, 3.8) is 0 Å². The van der Waals surface area contributed by atoms with E-state index in [0.717, 1.165) is 18.8 Å². The molecule has 1 aliphatic carbocycles. The molecule has 1 fully saturated rings. The largest absolute Gasteiger partial charge is 0.493 e. The Morgan fingerprint density at radius 3 is 2.94 bits per heavy atom. The predicted molar refractivity (Wildman–Crippen MR) is 63.0 cm³/mol. The van der Waals surface area contributed by atoms with Crippen LogP contribution in [0.4, 0.5) is 0 Å². The fourth-order valence-corrected chi connectivity index (χ4v) is 2.74. The highest BCUT2D eigenvalue weighted by molar-refractivity contribution is 5.45. The number of para-hydroxylation sites is 1. The second-order valence-corrected chi connectivity index (χ2v) is 4.77. The van der Waals surface area contributed by atoms with Crippen LogP contribution in [-0.4, -0.2) is 6.61 Å². The number of hydrogen-bond donors (Lipinski definition) is 2. The van der Waals surface area contributed by atoms with E-state index in [0.29, 0.717) is 5.92 Å². The number of fused-ring (bicyclic) bond motifs is 1. The van der Waals surface area contributed by atoms with E-state index < -0.39 is 0 Å². The summed E-state index contributed by atoms with van der Waals surface area (Å²) in [5.41, 5.74) is 5.55. The Bertz CT molecular complexity index is 388. The van der Waals surface area contributed by atoms with Crippen molar-refractivity contribution in [1.82, 2.24) is 5.43 Å². The number of hydrazine groups is 1. The number of benzene rings is 1. The van der Waals surface area contributed by atoms with Crippen LogP contribution in [0.3, 0.4) is 0 Å². The summed E-state index contributed by atoms with van der Waals surface area (Å²) in [6.45, 7) is 0.814. The number of hydrogen-bond acceptors (Lipinski definition) is 3. The van der Waals surface area contributed by atoms with E-state index in [2.05, 4.69) is 23.6 Å². The maximum absolute atomic E-state index is 5.74. The van der Waals surface area contributed by atoms with Gasteiger partial charge in [-0.05, 0) is 24.3 Å². The summed E-state index contributed by atoms with van der Waals surface area (Å²) in [6.07, 6.45) is 4.92. The van der Waals surface area contributed by atoms with Crippen LogP contribution in [0.2, 0.25) is 0 Å². The molecule has 3 rings (SSSR count). The van der Waals surface area contributed by atoms with Gasteiger partial charge < -0.3 is 4.74 Å². The third kappa shape index (κ3) is 1.51. The maximum atomic E-state index is 5.74. The summed E-state index contributed by atoms with van der Waals surface area (Å²) in [4.78, 5) is 0. The van der Waals surface area contributed by atoms with Gasteiger partial charge in [-0.15, -0.1) is 0 Å². The first kappa shape index (κ1) is 10.1. The lowest BCUT2D eigenvalue weighted by molar-refractivity contribution is 0.227. The lowest BCUT2D eigenvalue weighted by atomic mass is 9.77. The van der Waals surface area contributed by atoms with Crippen molar-refractivity contribution in [1.29, 1.82) is 0 Å². The average molecular weight is 218 g/mol. The van der Waals surface area contributed by atoms with E-state index in [1.165, 1.54) is 30.4 Å². The van der Waals surface area contributed by atoms with E-state index in [4.69, 9.17) is 10.6 Å². The lowest BCUT2D eigenvalue weighted by Gasteiger charge is -2.34. The first-order chi connectivity index (χ1) is 7.90. The van der Waals surface area contributed by atoms with Crippen molar-refractivity contribution in [3.05, 3.63) is 29.3 Å². The summed E-state index contributed by atoms with van der Waals surface area (Å²) >= 11 is 0. The van der Waals surface area contributed by atoms with Gasteiger partial charge in [-0.3, -0.25) is 11.3 Å². The molecular weight excluding hydrogens is 200 g/mol. The molecule has 16 heavy (non-hydrogen) atoms. The van der Waals surface area contributed by atoms with Gasteiger partial charge in [-0.25, -0.2) is 0 Å². The summed E-state index contributed by atoms with van der Waals surface area (Å²) < 4.78 is 5.74. The third-order valence-corrected chi connectivity index (χ3v) is 3.88. The van der Waals surface area contributed by atoms with Gasteiger partial charge in [-0.2, -0.15) is 0 Å². The summed E-state index contributed by atoms with van der Waals surface area (Å²) in [6, 6.07) is 6.68. The van der Waals surface area contributed by atoms with Gasteiger partial charge in [0.1, 0.15) is 5.75 Å². The number of nitrogens with two attached hydrogens (primary N) is 1. The molecule has 1 saturated carbocycles. The highest BCUT2D eigenvalue weighted by Crippen LogP contribution is 2.42. The van der Waals surface area contributed by atoms with Crippen LogP contribution < -0.4 is 16.0 Å². The minimum absolute atomic E-state index is 0.266. The number of nitrogens with one attached hydrogen (secondary N) is 1. The molecule has 3 N–H and O–H groups in total. The molecule has 0 radical (unpaired) electrons. The van der Waals surface area contributed by atoms with Gasteiger partial charge >= 0.3 is 0 Å². The van der Waals surface area contributed by atoms with Crippen LogP contribution in [-0.2, 0) is 6.42 Å². The van der Waals surface area contributed by atoms with Crippen molar-refractivity contribution >= 4 is 0 Å². The third-order valence-electron chi connectivity index (χ3n) is 3.88. The smallest absolute Gasteiger partial charge is 0.127 e. The van der Waals surface area contributed by atoms with Crippen LogP contribution in [0.5, 0.6) is 5.75 Å². The molecule has 0 aromatic heterocycles. The van der Waals surface area contributed by atoms with Crippen molar-refractivity contribution in [2.24, 2.45) is 11.8 Å². The Labute approximate surface area is 95.9 Å². The number of rotatable bonds is 3. The van der Waals surface area contributed by atoms with Crippen molar-refractivity contribution < 1.29 is 4.74 Å². The predicted octanol–water partition coefficient (Wildman–Crippen LogP) is 1.93. The zero-order valence-corrected chi connectivity index (χ0v) is 9.41. The van der Waals surface area contributed by atoms with Crippen molar-refractivity contribution in [2.45, 2.75) is 31.7 Å². The second-order valence-electron chi connectivity index (χ2n) is 4.77. The van der Waals surface area contributed by atoms with Gasteiger partial charge in [-0.1, -0.05) is 24.6 Å². The van der Waals surface area contributed by atoms with E-state index in [1.54, 1.807) is 0 Å². The molecule has 3 nitrogen and oxygen atoms in total. The van der Waals surface area contributed by atoms with Crippen molar-refractivity contribution in [2.75, 3.05) is 6.61 Å². The van der Waals surface area contributed by atoms with E-state index in [1.807, 2.05) is 0 Å². The molecular formula is C13H18N2O. The number of ether oxygens (including phenoxy) is 1. The quantitative estimate of drug-likeness (QED) is 0.602. The molecule has 0 saturated heterocycles. The molecule has 0 bridgehead atoms. The molecule has 2 aliphatic rings. The Balaban J connectivity index is 1.95. The Hall–Kier alpha value is -1.06. The topological polar surface area (TPSA) is 47.3 Å². The zero-order chi connectivity index (χ0) is 11.0. The molecule has 1 heterocycles. The zero-order valence-electron chi connectivity index (χ0n) is 9.41. The van der Waals surface area contributed by atoms with Crippen LogP contribution in [0.15, 0.2) is 18.2 Å². The minimum atomic E-state index is 0.266. The minimum Gasteiger partial charge on any atom is -0.493 e. The van der Waals surface area contributed by atoms with Crippen molar-refractivity contribution in [3.8, 4) is 5.75 Å². The van der Waals surface area contributed by atoms with Gasteiger partial charge in [0.05, 0.1) is 12.6 Å². The second kappa shape index (κ2) is 4.07. The molecule has 1 aliphatic heterocycles.